The van der Waals surface area contributed by atoms with Crippen molar-refractivity contribution in [2.24, 2.45) is 0 Å². The Kier molecular flexibility index (Phi) is 4.98. The molecule has 0 bridgehead atoms. The summed E-state index contributed by atoms with van der Waals surface area (Å²) in [5.41, 5.74) is 1.21. The summed E-state index contributed by atoms with van der Waals surface area (Å²) in [6.45, 7) is 9.91. The molecule has 0 amide bonds. The molecule has 100 valence electrons. The third-order valence-corrected chi connectivity index (χ3v) is 4.35. The fourth-order valence-electron chi connectivity index (χ4n) is 2.33. The van der Waals surface area contributed by atoms with Crippen LogP contribution in [0.3, 0.4) is 0 Å². The Morgan fingerprint density at radius 1 is 1.22 bits per heavy atom. The first-order chi connectivity index (χ1) is 8.56. The Balaban J connectivity index is 1.89. The van der Waals surface area contributed by atoms with Crippen LogP contribution in [0.15, 0.2) is 18.2 Å². The number of rotatable bonds is 3. The monoisotopic (exact) mass is 362 g/mol. The van der Waals surface area contributed by atoms with Gasteiger partial charge in [0.05, 0.1) is 0 Å². The highest BCUT2D eigenvalue weighted by Gasteiger charge is 2.18. The van der Waals surface area contributed by atoms with Crippen molar-refractivity contribution in [1.82, 2.24) is 9.80 Å². The molecule has 0 atom stereocenters. The van der Waals surface area contributed by atoms with E-state index in [1.54, 1.807) is 6.07 Å². The quantitative estimate of drug-likeness (QED) is 0.763. The Morgan fingerprint density at radius 3 is 2.44 bits per heavy atom. The summed E-state index contributed by atoms with van der Waals surface area (Å²) in [4.78, 5) is 4.95. The van der Waals surface area contributed by atoms with Gasteiger partial charge in [-0.25, -0.2) is 4.39 Å². The second-order valence-corrected chi connectivity index (χ2v) is 6.32. The maximum absolute atomic E-state index is 13.2. The number of benzene rings is 1. The lowest BCUT2D eigenvalue weighted by Gasteiger charge is -2.36. The van der Waals surface area contributed by atoms with Crippen molar-refractivity contribution < 1.29 is 4.39 Å². The second kappa shape index (κ2) is 6.30. The summed E-state index contributed by atoms with van der Waals surface area (Å²) in [6, 6.07) is 6.05. The van der Waals surface area contributed by atoms with Gasteiger partial charge in [-0.1, -0.05) is 6.07 Å². The predicted molar refractivity (Wildman–Crippen MR) is 81.1 cm³/mol. The Bertz CT molecular complexity index is 401. The van der Waals surface area contributed by atoms with Gasteiger partial charge in [0, 0.05) is 42.3 Å². The van der Waals surface area contributed by atoms with Crippen molar-refractivity contribution in [3.63, 3.8) is 0 Å². The normalized spacial score (nSPS) is 18.5. The molecule has 2 rings (SSSR count). The van der Waals surface area contributed by atoms with Crippen LogP contribution in [-0.2, 0) is 6.54 Å². The van der Waals surface area contributed by atoms with Crippen LogP contribution >= 0.6 is 22.6 Å². The number of piperazine rings is 1. The van der Waals surface area contributed by atoms with Crippen molar-refractivity contribution >= 4 is 22.6 Å². The minimum atomic E-state index is -0.121. The van der Waals surface area contributed by atoms with E-state index in [2.05, 4.69) is 46.2 Å². The summed E-state index contributed by atoms with van der Waals surface area (Å²) in [5.74, 6) is -0.121. The molecular weight excluding hydrogens is 342 g/mol. The topological polar surface area (TPSA) is 6.48 Å². The molecule has 0 spiro atoms. The number of hydrogen-bond donors (Lipinski definition) is 0. The van der Waals surface area contributed by atoms with Gasteiger partial charge in [-0.05, 0) is 54.1 Å². The second-order valence-electron chi connectivity index (χ2n) is 5.15. The van der Waals surface area contributed by atoms with E-state index in [1.165, 1.54) is 5.56 Å². The molecule has 1 fully saturated rings. The summed E-state index contributed by atoms with van der Waals surface area (Å²) < 4.78 is 13.9. The number of halogens is 2. The molecule has 1 aromatic carbocycles. The lowest BCUT2D eigenvalue weighted by atomic mass is 10.2. The molecule has 0 saturated carbocycles. The minimum absolute atomic E-state index is 0.121. The van der Waals surface area contributed by atoms with Crippen LogP contribution in [0, 0.1) is 9.39 Å². The van der Waals surface area contributed by atoms with E-state index < -0.39 is 0 Å². The molecule has 1 heterocycles. The third kappa shape index (κ3) is 3.65. The molecule has 0 radical (unpaired) electrons. The predicted octanol–water partition coefficient (Wildman–Crippen LogP) is 2.96. The lowest BCUT2D eigenvalue weighted by molar-refractivity contribution is 0.104. The summed E-state index contributed by atoms with van der Waals surface area (Å²) in [7, 11) is 0. The molecule has 1 aliphatic rings. The van der Waals surface area contributed by atoms with Crippen molar-refractivity contribution in [1.29, 1.82) is 0 Å². The zero-order valence-corrected chi connectivity index (χ0v) is 13.2. The molecule has 0 aromatic heterocycles. The first-order valence-electron chi connectivity index (χ1n) is 6.46. The molecule has 4 heteroatoms. The lowest BCUT2D eigenvalue weighted by Crippen LogP contribution is -2.48. The third-order valence-electron chi connectivity index (χ3n) is 3.53. The van der Waals surface area contributed by atoms with E-state index in [9.17, 15) is 4.39 Å². The molecule has 0 N–H and O–H groups in total. The summed E-state index contributed by atoms with van der Waals surface area (Å²) >= 11 is 2.05. The molecular formula is C14H20FIN2. The van der Waals surface area contributed by atoms with E-state index in [1.807, 2.05) is 12.1 Å². The zero-order chi connectivity index (χ0) is 13.1. The van der Waals surface area contributed by atoms with E-state index in [4.69, 9.17) is 0 Å². The fourth-order valence-corrected chi connectivity index (χ4v) is 2.91. The highest BCUT2D eigenvalue weighted by atomic mass is 127. The summed E-state index contributed by atoms with van der Waals surface area (Å²) in [5, 5.41) is 0. The van der Waals surface area contributed by atoms with Crippen LogP contribution in [0.5, 0.6) is 0 Å². The Morgan fingerprint density at radius 2 is 1.89 bits per heavy atom. The summed E-state index contributed by atoms with van der Waals surface area (Å²) in [6.07, 6.45) is 0. The van der Waals surface area contributed by atoms with E-state index >= 15 is 0 Å². The van der Waals surface area contributed by atoms with Crippen LogP contribution in [0.2, 0.25) is 0 Å². The standard InChI is InChI=1S/C14H20FIN2/c1-11(2)18-7-5-17(6-8-18)10-12-3-4-13(15)14(16)9-12/h3-4,9,11H,5-8,10H2,1-2H3. The van der Waals surface area contributed by atoms with E-state index in [-0.39, 0.29) is 5.82 Å². The molecule has 0 unspecified atom stereocenters. The highest BCUT2D eigenvalue weighted by molar-refractivity contribution is 14.1. The van der Waals surface area contributed by atoms with Crippen LogP contribution < -0.4 is 0 Å². The van der Waals surface area contributed by atoms with Gasteiger partial charge in [0.1, 0.15) is 5.82 Å². The molecule has 2 nitrogen and oxygen atoms in total. The Labute approximate surface area is 122 Å². The smallest absolute Gasteiger partial charge is 0.136 e. The Hall–Kier alpha value is -0.200. The fraction of sp³-hybridized carbons (Fsp3) is 0.571. The maximum Gasteiger partial charge on any atom is 0.136 e. The van der Waals surface area contributed by atoms with Crippen LogP contribution in [-0.4, -0.2) is 42.0 Å². The van der Waals surface area contributed by atoms with Crippen LogP contribution in [0.25, 0.3) is 0 Å². The zero-order valence-electron chi connectivity index (χ0n) is 11.0. The van der Waals surface area contributed by atoms with Gasteiger partial charge in [-0.3, -0.25) is 9.80 Å². The SMILES string of the molecule is CC(C)N1CCN(Cc2ccc(F)c(I)c2)CC1. The number of nitrogens with zero attached hydrogens (tertiary/aromatic N) is 2. The van der Waals surface area contributed by atoms with Crippen LogP contribution in [0.4, 0.5) is 4.39 Å². The van der Waals surface area contributed by atoms with Gasteiger partial charge >= 0.3 is 0 Å². The van der Waals surface area contributed by atoms with Gasteiger partial charge in [0.2, 0.25) is 0 Å². The molecule has 1 saturated heterocycles. The van der Waals surface area contributed by atoms with Crippen molar-refractivity contribution in [2.45, 2.75) is 26.4 Å². The van der Waals surface area contributed by atoms with Gasteiger partial charge < -0.3 is 0 Å². The largest absolute Gasteiger partial charge is 0.298 e. The van der Waals surface area contributed by atoms with Gasteiger partial charge in [-0.15, -0.1) is 0 Å². The van der Waals surface area contributed by atoms with Crippen molar-refractivity contribution in [3.05, 3.63) is 33.1 Å². The first kappa shape index (κ1) is 14.2. The highest BCUT2D eigenvalue weighted by Crippen LogP contribution is 2.15. The molecule has 0 aliphatic carbocycles. The average Bonchev–Trinajstić information content (AvgIpc) is 2.34. The average molecular weight is 362 g/mol. The molecule has 1 aromatic rings. The molecule has 1 aliphatic heterocycles. The van der Waals surface area contributed by atoms with Crippen molar-refractivity contribution in [3.8, 4) is 0 Å². The molecule has 18 heavy (non-hydrogen) atoms. The maximum atomic E-state index is 13.2. The van der Waals surface area contributed by atoms with E-state index in [0.29, 0.717) is 9.61 Å². The number of hydrogen-bond acceptors (Lipinski definition) is 2. The van der Waals surface area contributed by atoms with Gasteiger partial charge in [0.25, 0.3) is 0 Å². The first-order valence-corrected chi connectivity index (χ1v) is 7.54. The van der Waals surface area contributed by atoms with E-state index in [0.717, 1.165) is 32.7 Å². The van der Waals surface area contributed by atoms with Gasteiger partial charge in [0.15, 0.2) is 0 Å². The van der Waals surface area contributed by atoms with Crippen LogP contribution in [0.1, 0.15) is 19.4 Å². The van der Waals surface area contributed by atoms with Crippen molar-refractivity contribution in [2.75, 3.05) is 26.2 Å². The minimum Gasteiger partial charge on any atom is -0.298 e. The van der Waals surface area contributed by atoms with Gasteiger partial charge in [-0.2, -0.15) is 0 Å².